The Hall–Kier alpha value is -0.0900. The fourth-order valence-corrected chi connectivity index (χ4v) is 4.47. The monoisotopic (exact) mass is 217 g/mol. The number of hydrogen-bond acceptors (Lipinski definition) is 3. The third-order valence-electron chi connectivity index (χ3n) is 3.83. The summed E-state index contributed by atoms with van der Waals surface area (Å²) in [5.41, 5.74) is 6.03. The van der Waals surface area contributed by atoms with Crippen molar-refractivity contribution in [1.82, 2.24) is 0 Å². The van der Waals surface area contributed by atoms with Crippen LogP contribution in [0.1, 0.15) is 32.1 Å². The van der Waals surface area contributed by atoms with Crippen molar-refractivity contribution in [1.29, 1.82) is 0 Å². The molecule has 2 rings (SSSR count). The van der Waals surface area contributed by atoms with Gasteiger partial charge in [0, 0.05) is 6.04 Å². The predicted octanol–water partition coefficient (Wildman–Crippen LogP) is 0.939. The molecule has 0 aromatic carbocycles. The van der Waals surface area contributed by atoms with Gasteiger partial charge in [0.15, 0.2) is 0 Å². The molecule has 2 N–H and O–H groups in total. The Kier molecular flexibility index (Phi) is 2.84. The van der Waals surface area contributed by atoms with E-state index in [0.717, 1.165) is 19.3 Å². The summed E-state index contributed by atoms with van der Waals surface area (Å²) in [6, 6.07) is 0.334. The van der Waals surface area contributed by atoms with Gasteiger partial charge in [-0.3, -0.25) is 0 Å². The van der Waals surface area contributed by atoms with E-state index in [9.17, 15) is 8.42 Å². The second-order valence-electron chi connectivity index (χ2n) is 4.75. The van der Waals surface area contributed by atoms with Crippen LogP contribution in [0.4, 0.5) is 0 Å². The van der Waals surface area contributed by atoms with Gasteiger partial charge in [0.2, 0.25) is 0 Å². The summed E-state index contributed by atoms with van der Waals surface area (Å²) in [5, 5.41) is 0. The largest absolute Gasteiger partial charge is 0.327 e. The molecule has 1 heterocycles. The molecule has 1 aliphatic heterocycles. The molecule has 1 saturated carbocycles. The van der Waals surface area contributed by atoms with E-state index in [4.69, 9.17) is 5.73 Å². The summed E-state index contributed by atoms with van der Waals surface area (Å²) in [6.07, 6.45) is 5.27. The summed E-state index contributed by atoms with van der Waals surface area (Å²) in [5.74, 6) is 1.96. The first-order valence-corrected chi connectivity index (χ1v) is 7.37. The predicted molar refractivity (Wildman–Crippen MR) is 56.7 cm³/mol. The van der Waals surface area contributed by atoms with E-state index in [1.165, 1.54) is 12.8 Å². The fourth-order valence-electron chi connectivity index (χ4n) is 2.94. The molecular weight excluding hydrogens is 198 g/mol. The van der Waals surface area contributed by atoms with Crippen molar-refractivity contribution in [3.05, 3.63) is 0 Å². The number of rotatable bonds is 1. The first kappa shape index (κ1) is 10.4. The lowest BCUT2D eigenvalue weighted by Crippen LogP contribution is -2.35. The summed E-state index contributed by atoms with van der Waals surface area (Å²) >= 11 is 0. The normalized spacial score (nSPS) is 38.6. The van der Waals surface area contributed by atoms with Crippen LogP contribution in [0, 0.1) is 11.8 Å². The molecule has 1 saturated heterocycles. The quantitative estimate of drug-likeness (QED) is 0.711. The van der Waals surface area contributed by atoms with Gasteiger partial charge in [-0.15, -0.1) is 0 Å². The van der Waals surface area contributed by atoms with Crippen LogP contribution >= 0.6 is 0 Å². The van der Waals surface area contributed by atoms with Crippen molar-refractivity contribution in [2.24, 2.45) is 17.6 Å². The molecule has 0 amide bonds. The van der Waals surface area contributed by atoms with Crippen LogP contribution in [-0.2, 0) is 9.84 Å². The van der Waals surface area contributed by atoms with Gasteiger partial charge in [0.05, 0.1) is 11.5 Å². The fraction of sp³-hybridized carbons (Fsp3) is 1.00. The molecule has 2 fully saturated rings. The topological polar surface area (TPSA) is 60.2 Å². The van der Waals surface area contributed by atoms with E-state index in [2.05, 4.69) is 0 Å². The molecule has 0 radical (unpaired) electrons. The van der Waals surface area contributed by atoms with Crippen LogP contribution in [0.2, 0.25) is 0 Å². The molecule has 2 unspecified atom stereocenters. The van der Waals surface area contributed by atoms with Crippen LogP contribution in [0.3, 0.4) is 0 Å². The minimum absolute atomic E-state index is 0.334. The van der Waals surface area contributed by atoms with Gasteiger partial charge in [0.25, 0.3) is 0 Å². The molecule has 0 bridgehead atoms. The highest BCUT2D eigenvalue weighted by Crippen LogP contribution is 2.36. The van der Waals surface area contributed by atoms with Gasteiger partial charge in [0.1, 0.15) is 9.84 Å². The minimum atomic E-state index is -2.70. The number of hydrogen-bond donors (Lipinski definition) is 1. The molecule has 82 valence electrons. The molecule has 0 aromatic rings. The van der Waals surface area contributed by atoms with Crippen LogP contribution in [0.15, 0.2) is 0 Å². The lowest BCUT2D eigenvalue weighted by Gasteiger charge is -2.29. The molecule has 14 heavy (non-hydrogen) atoms. The minimum Gasteiger partial charge on any atom is -0.327 e. The van der Waals surface area contributed by atoms with E-state index in [1.807, 2.05) is 0 Å². The zero-order valence-electron chi connectivity index (χ0n) is 8.48. The second-order valence-corrected chi connectivity index (χ2v) is 7.05. The summed E-state index contributed by atoms with van der Waals surface area (Å²) in [7, 11) is -2.70. The summed E-state index contributed by atoms with van der Waals surface area (Å²) in [4.78, 5) is 0. The average molecular weight is 217 g/mol. The Bertz CT molecular complexity index is 285. The highest BCUT2D eigenvalue weighted by atomic mass is 32.2. The maximum absolute atomic E-state index is 11.3. The molecule has 0 aromatic heterocycles. The first-order chi connectivity index (χ1) is 6.58. The summed E-state index contributed by atoms with van der Waals surface area (Å²) < 4.78 is 22.5. The molecular formula is C10H19NO2S. The van der Waals surface area contributed by atoms with Gasteiger partial charge >= 0.3 is 0 Å². The van der Waals surface area contributed by atoms with Crippen molar-refractivity contribution in [2.75, 3.05) is 11.5 Å². The van der Waals surface area contributed by atoms with E-state index in [-0.39, 0.29) is 0 Å². The van der Waals surface area contributed by atoms with Crippen LogP contribution in [0.25, 0.3) is 0 Å². The zero-order valence-corrected chi connectivity index (χ0v) is 9.30. The van der Waals surface area contributed by atoms with Gasteiger partial charge in [-0.25, -0.2) is 8.42 Å². The molecule has 3 nitrogen and oxygen atoms in total. The average Bonchev–Trinajstić information content (AvgIpc) is 2.52. The lowest BCUT2D eigenvalue weighted by atomic mass is 9.84. The molecule has 2 aliphatic rings. The molecule has 0 spiro atoms. The Labute approximate surface area is 86.0 Å². The van der Waals surface area contributed by atoms with Crippen molar-refractivity contribution < 1.29 is 8.42 Å². The van der Waals surface area contributed by atoms with E-state index < -0.39 is 9.84 Å². The lowest BCUT2D eigenvalue weighted by molar-refractivity contribution is 0.287. The molecule has 4 heteroatoms. The molecule has 2 atom stereocenters. The van der Waals surface area contributed by atoms with Crippen molar-refractivity contribution in [2.45, 2.75) is 38.1 Å². The Morgan fingerprint density at radius 3 is 2.14 bits per heavy atom. The van der Waals surface area contributed by atoms with Gasteiger partial charge in [-0.1, -0.05) is 6.42 Å². The van der Waals surface area contributed by atoms with Gasteiger partial charge in [-0.05, 0) is 37.5 Å². The third kappa shape index (κ3) is 2.11. The van der Waals surface area contributed by atoms with E-state index in [0.29, 0.717) is 29.4 Å². The zero-order chi connectivity index (χ0) is 10.2. The van der Waals surface area contributed by atoms with Crippen LogP contribution in [0.5, 0.6) is 0 Å². The highest BCUT2D eigenvalue weighted by molar-refractivity contribution is 7.91. The SMILES string of the molecule is NC1CCCC1C1CCS(=O)(=O)CC1. The highest BCUT2D eigenvalue weighted by Gasteiger charge is 2.34. The number of sulfone groups is 1. The maximum atomic E-state index is 11.3. The van der Waals surface area contributed by atoms with Crippen molar-refractivity contribution in [3.8, 4) is 0 Å². The smallest absolute Gasteiger partial charge is 0.150 e. The molecule has 1 aliphatic carbocycles. The van der Waals surface area contributed by atoms with E-state index in [1.54, 1.807) is 0 Å². The Morgan fingerprint density at radius 2 is 1.64 bits per heavy atom. The maximum Gasteiger partial charge on any atom is 0.150 e. The standard InChI is InChI=1S/C10H19NO2S/c11-10-3-1-2-9(10)8-4-6-14(12,13)7-5-8/h8-10H,1-7,11H2. The Morgan fingerprint density at radius 1 is 1.00 bits per heavy atom. The van der Waals surface area contributed by atoms with Crippen molar-refractivity contribution >= 4 is 9.84 Å². The summed E-state index contributed by atoms with van der Waals surface area (Å²) in [6.45, 7) is 0. The van der Waals surface area contributed by atoms with Crippen molar-refractivity contribution in [3.63, 3.8) is 0 Å². The van der Waals surface area contributed by atoms with Crippen LogP contribution < -0.4 is 5.73 Å². The second kappa shape index (κ2) is 3.81. The van der Waals surface area contributed by atoms with Gasteiger partial charge < -0.3 is 5.73 Å². The van der Waals surface area contributed by atoms with Gasteiger partial charge in [-0.2, -0.15) is 0 Å². The van der Waals surface area contributed by atoms with Crippen LogP contribution in [-0.4, -0.2) is 26.0 Å². The first-order valence-electron chi connectivity index (χ1n) is 5.54. The third-order valence-corrected chi connectivity index (χ3v) is 5.55. The van der Waals surface area contributed by atoms with E-state index >= 15 is 0 Å². The Balaban J connectivity index is 1.95. The number of nitrogens with two attached hydrogens (primary N) is 1.